The maximum absolute atomic E-state index is 11.6. The number of nitrogens with one attached hydrogen (secondary N) is 2. The molecule has 0 aromatic rings. The Bertz CT molecular complexity index is 242. The van der Waals surface area contributed by atoms with Crippen LogP contribution in [-0.2, 0) is 0 Å². The second kappa shape index (κ2) is 6.24. The highest BCUT2D eigenvalue weighted by atomic mass is 16.3. The smallest absolute Gasteiger partial charge is 0.315 e. The molecule has 0 radical (unpaired) electrons. The topological polar surface area (TPSA) is 61.4 Å². The zero-order valence-electron chi connectivity index (χ0n) is 11.3. The quantitative estimate of drug-likeness (QED) is 0.706. The number of hydrogen-bond acceptors (Lipinski definition) is 2. The Balaban J connectivity index is 2.15. The molecule has 0 aromatic heterocycles. The van der Waals surface area contributed by atoms with Gasteiger partial charge in [-0.25, -0.2) is 4.79 Å². The summed E-state index contributed by atoms with van der Waals surface area (Å²) >= 11 is 0. The molecule has 0 aromatic carbocycles. The molecule has 4 heteroatoms. The third-order valence-electron chi connectivity index (χ3n) is 3.52. The molecule has 0 heterocycles. The van der Waals surface area contributed by atoms with Gasteiger partial charge >= 0.3 is 6.03 Å². The maximum Gasteiger partial charge on any atom is 0.315 e. The molecular weight excluding hydrogens is 216 g/mol. The first-order valence-electron chi connectivity index (χ1n) is 6.61. The van der Waals surface area contributed by atoms with Gasteiger partial charge in [-0.3, -0.25) is 0 Å². The highest BCUT2D eigenvalue weighted by Gasteiger charge is 2.27. The lowest BCUT2D eigenvalue weighted by atomic mass is 9.76. The van der Waals surface area contributed by atoms with E-state index >= 15 is 0 Å². The SMILES string of the molecule is CC(O)CCNC(=O)NC1CCC(C)(C)CC1. The molecule has 1 atom stereocenters. The van der Waals surface area contributed by atoms with E-state index in [0.717, 1.165) is 12.8 Å². The Morgan fingerprint density at radius 3 is 2.53 bits per heavy atom. The van der Waals surface area contributed by atoms with Gasteiger partial charge < -0.3 is 15.7 Å². The molecule has 0 spiro atoms. The van der Waals surface area contributed by atoms with Crippen molar-refractivity contribution in [3.8, 4) is 0 Å². The minimum atomic E-state index is -0.356. The molecule has 1 fully saturated rings. The molecule has 1 rings (SSSR count). The number of rotatable bonds is 4. The first kappa shape index (κ1) is 14.3. The monoisotopic (exact) mass is 242 g/mol. The maximum atomic E-state index is 11.6. The van der Waals surface area contributed by atoms with Crippen molar-refractivity contribution in [2.75, 3.05) is 6.54 Å². The third kappa shape index (κ3) is 5.91. The largest absolute Gasteiger partial charge is 0.393 e. The van der Waals surface area contributed by atoms with Crippen LogP contribution in [0.4, 0.5) is 4.79 Å². The number of hydrogen-bond donors (Lipinski definition) is 3. The number of amides is 2. The van der Waals surface area contributed by atoms with E-state index < -0.39 is 0 Å². The van der Waals surface area contributed by atoms with Crippen LogP contribution in [0.25, 0.3) is 0 Å². The van der Waals surface area contributed by atoms with Gasteiger partial charge in [0, 0.05) is 12.6 Å². The summed E-state index contributed by atoms with van der Waals surface area (Å²) in [5.41, 5.74) is 0.432. The molecule has 0 bridgehead atoms. The average Bonchev–Trinajstić information content (AvgIpc) is 2.21. The molecule has 100 valence electrons. The summed E-state index contributed by atoms with van der Waals surface area (Å²) in [6.07, 6.45) is 4.72. The molecule has 0 aliphatic heterocycles. The Hall–Kier alpha value is -0.770. The Labute approximate surface area is 104 Å². The summed E-state index contributed by atoms with van der Waals surface area (Å²) in [6.45, 7) is 6.82. The van der Waals surface area contributed by atoms with E-state index in [2.05, 4.69) is 24.5 Å². The standard InChI is InChI=1S/C13H26N2O2/c1-10(16)6-9-14-12(17)15-11-4-7-13(2,3)8-5-11/h10-11,16H,4-9H2,1-3H3,(H2,14,15,17). The first-order chi connectivity index (χ1) is 7.89. The van der Waals surface area contributed by atoms with E-state index in [4.69, 9.17) is 5.11 Å². The van der Waals surface area contributed by atoms with E-state index in [1.165, 1.54) is 12.8 Å². The average molecular weight is 242 g/mol. The lowest BCUT2D eigenvalue weighted by Gasteiger charge is -2.34. The summed E-state index contributed by atoms with van der Waals surface area (Å²) < 4.78 is 0. The van der Waals surface area contributed by atoms with Crippen LogP contribution in [0.1, 0.15) is 52.9 Å². The normalized spacial score (nSPS) is 21.9. The van der Waals surface area contributed by atoms with Gasteiger partial charge in [0.15, 0.2) is 0 Å². The van der Waals surface area contributed by atoms with Crippen molar-refractivity contribution in [3.63, 3.8) is 0 Å². The minimum absolute atomic E-state index is 0.102. The van der Waals surface area contributed by atoms with Crippen LogP contribution in [-0.4, -0.2) is 29.8 Å². The number of urea groups is 1. The fraction of sp³-hybridized carbons (Fsp3) is 0.923. The van der Waals surface area contributed by atoms with Crippen molar-refractivity contribution in [3.05, 3.63) is 0 Å². The van der Waals surface area contributed by atoms with Gasteiger partial charge in [0.1, 0.15) is 0 Å². The number of carbonyl (C=O) groups excluding carboxylic acids is 1. The van der Waals surface area contributed by atoms with E-state index in [-0.39, 0.29) is 12.1 Å². The van der Waals surface area contributed by atoms with Crippen LogP contribution < -0.4 is 10.6 Å². The summed E-state index contributed by atoms with van der Waals surface area (Å²) in [5.74, 6) is 0. The summed E-state index contributed by atoms with van der Waals surface area (Å²) in [7, 11) is 0. The van der Waals surface area contributed by atoms with E-state index in [9.17, 15) is 4.79 Å². The van der Waals surface area contributed by atoms with Crippen molar-refractivity contribution in [2.24, 2.45) is 5.41 Å². The predicted octanol–water partition coefficient (Wildman–Crippen LogP) is 2.03. The van der Waals surface area contributed by atoms with E-state index in [1.807, 2.05) is 0 Å². The van der Waals surface area contributed by atoms with Crippen LogP contribution in [0, 0.1) is 5.41 Å². The molecule has 3 N–H and O–H groups in total. The summed E-state index contributed by atoms with van der Waals surface area (Å²) in [6, 6.07) is 0.213. The lowest BCUT2D eigenvalue weighted by molar-refractivity contribution is 0.180. The van der Waals surface area contributed by atoms with Gasteiger partial charge in [0.05, 0.1) is 6.10 Å². The minimum Gasteiger partial charge on any atom is -0.393 e. The van der Waals surface area contributed by atoms with E-state index in [1.54, 1.807) is 6.92 Å². The predicted molar refractivity (Wildman–Crippen MR) is 68.9 cm³/mol. The van der Waals surface area contributed by atoms with Crippen molar-refractivity contribution < 1.29 is 9.90 Å². The zero-order valence-corrected chi connectivity index (χ0v) is 11.3. The van der Waals surface area contributed by atoms with Crippen LogP contribution in [0.2, 0.25) is 0 Å². The zero-order chi connectivity index (χ0) is 12.9. The number of aliphatic hydroxyl groups excluding tert-OH is 1. The molecule has 17 heavy (non-hydrogen) atoms. The van der Waals surface area contributed by atoms with Gasteiger partial charge in [0.2, 0.25) is 0 Å². The summed E-state index contributed by atoms with van der Waals surface area (Å²) in [4.78, 5) is 11.6. The van der Waals surface area contributed by atoms with Crippen LogP contribution in [0.15, 0.2) is 0 Å². The fourth-order valence-corrected chi connectivity index (χ4v) is 2.17. The van der Waals surface area contributed by atoms with Gasteiger partial charge in [0.25, 0.3) is 0 Å². The fourth-order valence-electron chi connectivity index (χ4n) is 2.17. The number of aliphatic hydroxyl groups is 1. The molecule has 1 unspecified atom stereocenters. The van der Waals surface area contributed by atoms with Gasteiger partial charge in [-0.15, -0.1) is 0 Å². The molecule has 0 saturated heterocycles. The van der Waals surface area contributed by atoms with E-state index in [0.29, 0.717) is 24.4 Å². The van der Waals surface area contributed by atoms with Crippen molar-refractivity contribution in [2.45, 2.75) is 65.0 Å². The Morgan fingerprint density at radius 1 is 1.41 bits per heavy atom. The molecule has 1 aliphatic rings. The van der Waals surface area contributed by atoms with Crippen molar-refractivity contribution in [1.82, 2.24) is 10.6 Å². The highest BCUT2D eigenvalue weighted by molar-refractivity contribution is 5.74. The summed E-state index contributed by atoms with van der Waals surface area (Å²) in [5, 5.41) is 14.8. The molecule has 4 nitrogen and oxygen atoms in total. The molecule has 1 saturated carbocycles. The second-order valence-electron chi connectivity index (χ2n) is 5.98. The van der Waals surface area contributed by atoms with Gasteiger partial charge in [-0.2, -0.15) is 0 Å². The van der Waals surface area contributed by atoms with Crippen LogP contribution in [0.5, 0.6) is 0 Å². The Kier molecular flexibility index (Phi) is 5.25. The van der Waals surface area contributed by atoms with Gasteiger partial charge in [-0.1, -0.05) is 13.8 Å². The van der Waals surface area contributed by atoms with Gasteiger partial charge in [-0.05, 0) is 44.4 Å². The second-order valence-corrected chi connectivity index (χ2v) is 5.98. The van der Waals surface area contributed by atoms with Crippen molar-refractivity contribution in [1.29, 1.82) is 0 Å². The molecule has 2 amide bonds. The van der Waals surface area contributed by atoms with Crippen LogP contribution in [0.3, 0.4) is 0 Å². The highest BCUT2D eigenvalue weighted by Crippen LogP contribution is 2.34. The van der Waals surface area contributed by atoms with Crippen molar-refractivity contribution >= 4 is 6.03 Å². The third-order valence-corrected chi connectivity index (χ3v) is 3.52. The number of carbonyl (C=O) groups is 1. The molecule has 1 aliphatic carbocycles. The molecular formula is C13H26N2O2. The lowest BCUT2D eigenvalue weighted by Crippen LogP contribution is -2.45. The Morgan fingerprint density at radius 2 is 2.00 bits per heavy atom. The van der Waals surface area contributed by atoms with Crippen LogP contribution >= 0.6 is 0 Å². The first-order valence-corrected chi connectivity index (χ1v) is 6.61.